The van der Waals surface area contributed by atoms with Gasteiger partial charge >= 0.3 is 27.6 Å². The Morgan fingerprint density at radius 3 is 1.22 bits per heavy atom. The zero-order valence-electron chi connectivity index (χ0n) is 10.5. The van der Waals surface area contributed by atoms with Crippen LogP contribution in [0.3, 0.4) is 0 Å². The molecule has 0 unspecified atom stereocenters. The molecule has 0 bridgehead atoms. The van der Waals surface area contributed by atoms with Crippen LogP contribution in [-0.2, 0) is 28.7 Å². The van der Waals surface area contributed by atoms with Gasteiger partial charge in [0.05, 0.1) is 0 Å². The zero-order chi connectivity index (χ0) is 14.2. The number of carbonyl (C=O) groups is 2. The van der Waals surface area contributed by atoms with E-state index in [1.54, 1.807) is 0 Å². The number of hydrogen-bond donors (Lipinski definition) is 2. The molecule has 1 saturated carbocycles. The van der Waals surface area contributed by atoms with Crippen molar-refractivity contribution in [1.82, 2.24) is 0 Å². The summed E-state index contributed by atoms with van der Waals surface area (Å²) in [5, 5.41) is 19.3. The number of carboxylic acids is 2. The van der Waals surface area contributed by atoms with Gasteiger partial charge in [0.2, 0.25) is 0 Å². The Hall–Kier alpha value is -0.452. The molecule has 0 heterocycles. The van der Waals surface area contributed by atoms with Crippen molar-refractivity contribution in [3.63, 3.8) is 0 Å². The summed E-state index contributed by atoms with van der Waals surface area (Å²) in [7, 11) is 0. The predicted molar refractivity (Wildman–Crippen MR) is 59.9 cm³/mol. The first-order chi connectivity index (χ1) is 8.54. The predicted octanol–water partition coefficient (Wildman–Crippen LogP) is -1.19. The zero-order valence-corrected chi connectivity index (χ0v) is 12.7. The van der Waals surface area contributed by atoms with Gasteiger partial charge in [-0.25, -0.2) is 0 Å². The number of aliphatic carboxylic acids is 2. The monoisotopic (exact) mass is 441 g/mol. The van der Waals surface area contributed by atoms with Crippen molar-refractivity contribution >= 4 is 11.9 Å². The third kappa shape index (κ3) is 24.7. The second kappa shape index (κ2) is 16.5. The molecule has 0 aromatic rings. The van der Waals surface area contributed by atoms with Crippen molar-refractivity contribution in [1.29, 1.82) is 0 Å². The SMILES string of the molecule is C1CCCCC1.O=C([O-])CCCC(=O)[O-].[NH2][Pt+2][NH2]. The number of nitrogens with two attached hydrogens (primary N) is 2. The molecule has 1 aliphatic carbocycles. The van der Waals surface area contributed by atoms with Gasteiger partial charge in [-0.1, -0.05) is 38.5 Å². The fourth-order valence-electron chi connectivity index (χ4n) is 1.44. The van der Waals surface area contributed by atoms with Crippen LogP contribution < -0.4 is 18.8 Å². The van der Waals surface area contributed by atoms with Crippen molar-refractivity contribution in [2.75, 3.05) is 0 Å². The molecule has 18 heavy (non-hydrogen) atoms. The van der Waals surface area contributed by atoms with Crippen molar-refractivity contribution in [2.45, 2.75) is 57.8 Å². The minimum absolute atomic E-state index is 0.0880. The first kappa shape index (κ1) is 19.9. The van der Waals surface area contributed by atoms with Gasteiger partial charge in [0.15, 0.2) is 0 Å². The van der Waals surface area contributed by atoms with E-state index in [4.69, 9.17) is 8.58 Å². The average Bonchev–Trinajstić information content (AvgIpc) is 2.32. The third-order valence-corrected chi connectivity index (χ3v) is 2.26. The molecule has 0 amide bonds. The van der Waals surface area contributed by atoms with Crippen LogP contribution >= 0.6 is 0 Å². The molecule has 0 aliphatic heterocycles. The van der Waals surface area contributed by atoms with E-state index in [2.05, 4.69) is 0 Å². The first-order valence-electron chi connectivity index (χ1n) is 5.89. The van der Waals surface area contributed by atoms with E-state index in [-0.39, 0.29) is 19.3 Å². The van der Waals surface area contributed by atoms with Crippen molar-refractivity contribution in [2.24, 2.45) is 8.58 Å². The van der Waals surface area contributed by atoms with Crippen molar-refractivity contribution in [3.05, 3.63) is 0 Å². The molecular weight excluding hydrogens is 419 g/mol. The first-order valence-corrected chi connectivity index (χ1v) is 8.51. The molecule has 0 aromatic heterocycles. The molecule has 1 aliphatic rings. The van der Waals surface area contributed by atoms with Gasteiger partial charge in [-0.3, -0.25) is 0 Å². The molecule has 1 fully saturated rings. The van der Waals surface area contributed by atoms with Crippen LogP contribution in [0.2, 0.25) is 0 Å². The van der Waals surface area contributed by atoms with Crippen LogP contribution in [0, 0.1) is 0 Å². The summed E-state index contributed by atoms with van der Waals surface area (Å²) in [6.45, 7) is 0. The summed E-state index contributed by atoms with van der Waals surface area (Å²) in [5.74, 6) is -2.45. The quantitative estimate of drug-likeness (QED) is 0.564. The van der Waals surface area contributed by atoms with Gasteiger partial charge in [0, 0.05) is 11.9 Å². The molecule has 0 spiro atoms. The summed E-state index contributed by atoms with van der Waals surface area (Å²) in [5.41, 5.74) is 0. The molecule has 1 rings (SSSR count). The second-order valence-corrected chi connectivity index (χ2v) is 4.58. The molecule has 0 aromatic carbocycles. The van der Waals surface area contributed by atoms with E-state index >= 15 is 0 Å². The Bertz CT molecular complexity index is 186. The standard InChI is InChI=1S/C6H12.C5H8O4.2H2N.Pt/c1-2-4-6-5-3-1;6-4(7)2-1-3-5(8)9;;;/h1-6H2;1-3H2,(H,6,7)(H,8,9);2*1H2;/q;;2*-1;+4/p-2. The minimum atomic E-state index is -1.23. The number of rotatable bonds is 4. The van der Waals surface area contributed by atoms with Gasteiger partial charge in [0.25, 0.3) is 0 Å². The Morgan fingerprint density at radius 2 is 1.06 bits per heavy atom. The van der Waals surface area contributed by atoms with Gasteiger partial charge in [-0.15, -0.1) is 0 Å². The van der Waals surface area contributed by atoms with E-state index in [0.29, 0.717) is 0 Å². The summed E-state index contributed by atoms with van der Waals surface area (Å²) in [6, 6.07) is 0. The van der Waals surface area contributed by atoms with Crippen LogP contribution in [0.4, 0.5) is 0 Å². The third-order valence-electron chi connectivity index (χ3n) is 2.26. The number of carboxylic acid groups (broad SMARTS) is 2. The van der Waals surface area contributed by atoms with Gasteiger partial charge in [-0.2, -0.15) is 0 Å². The maximum atomic E-state index is 9.66. The summed E-state index contributed by atoms with van der Waals surface area (Å²) < 4.78 is 9.47. The Labute approximate surface area is 117 Å². The van der Waals surface area contributed by atoms with Gasteiger partial charge in [-0.05, 0) is 19.3 Å². The molecule has 6 nitrogen and oxygen atoms in total. The number of hydrogen-bond acceptors (Lipinski definition) is 6. The van der Waals surface area contributed by atoms with Gasteiger partial charge < -0.3 is 19.8 Å². The summed E-state index contributed by atoms with van der Waals surface area (Å²) in [6.07, 6.45) is 8.66. The van der Waals surface area contributed by atoms with Crippen LogP contribution in [0.1, 0.15) is 57.8 Å². The van der Waals surface area contributed by atoms with E-state index in [0.717, 1.165) is 0 Å². The van der Waals surface area contributed by atoms with Crippen LogP contribution in [0.5, 0.6) is 0 Å². The van der Waals surface area contributed by atoms with Crippen LogP contribution in [0.15, 0.2) is 0 Å². The van der Waals surface area contributed by atoms with Crippen molar-refractivity contribution in [3.8, 4) is 0 Å². The average molecular weight is 441 g/mol. The molecule has 110 valence electrons. The van der Waals surface area contributed by atoms with E-state index in [1.807, 2.05) is 0 Å². The molecule has 0 radical (unpaired) electrons. The van der Waals surface area contributed by atoms with E-state index < -0.39 is 31.0 Å². The Morgan fingerprint density at radius 1 is 0.833 bits per heavy atom. The fourth-order valence-corrected chi connectivity index (χ4v) is 1.44. The summed E-state index contributed by atoms with van der Waals surface area (Å²) in [4.78, 5) is 19.3. The molecular formula is C11H22N2O4Pt. The van der Waals surface area contributed by atoms with Crippen LogP contribution in [-0.4, -0.2) is 11.9 Å². The summed E-state index contributed by atoms with van der Waals surface area (Å²) >= 11 is -0.417. The van der Waals surface area contributed by atoms with Gasteiger partial charge in [0.1, 0.15) is 0 Å². The number of carbonyl (C=O) groups excluding carboxylic acids is 2. The Kier molecular flexibility index (Phi) is 18.3. The van der Waals surface area contributed by atoms with Crippen LogP contribution in [0.25, 0.3) is 0 Å². The maximum absolute atomic E-state index is 9.66. The van der Waals surface area contributed by atoms with Crippen molar-refractivity contribution < 1.29 is 38.9 Å². The van der Waals surface area contributed by atoms with E-state index in [1.165, 1.54) is 38.5 Å². The molecule has 7 heteroatoms. The fraction of sp³-hybridized carbons (Fsp3) is 0.818. The molecule has 0 atom stereocenters. The molecule has 0 saturated heterocycles. The Balaban J connectivity index is 0. The normalized spacial score (nSPS) is 13.7. The topological polar surface area (TPSA) is 132 Å². The van der Waals surface area contributed by atoms with E-state index in [9.17, 15) is 19.8 Å². The second-order valence-electron chi connectivity index (χ2n) is 3.82. The molecule has 4 N–H and O–H groups in total.